The van der Waals surface area contributed by atoms with Crippen LogP contribution in [0.15, 0.2) is 0 Å². The molecule has 0 saturated heterocycles. The molecule has 13 heavy (non-hydrogen) atoms. The van der Waals surface area contributed by atoms with Gasteiger partial charge in [0.05, 0.1) is 6.17 Å². The molecule has 0 radical (unpaired) electrons. The molecule has 0 aliphatic carbocycles. The second kappa shape index (κ2) is 6.39. The molecule has 0 spiro atoms. The van der Waals surface area contributed by atoms with Crippen LogP contribution in [0.25, 0.3) is 0 Å². The molecule has 80 valence electrons. The quantitative estimate of drug-likeness (QED) is 0.623. The summed E-state index contributed by atoms with van der Waals surface area (Å²) >= 11 is 0. The van der Waals surface area contributed by atoms with E-state index in [1.807, 2.05) is 0 Å². The summed E-state index contributed by atoms with van der Waals surface area (Å²) in [6.45, 7) is 12.1. The zero-order valence-electron chi connectivity index (χ0n) is 9.91. The standard InChI is InChI=1S/C11H26N2/c1-6-8-9-10(12-7-2)13-11(3,4)5/h10,12-13H,6-9H2,1-5H3. The number of nitrogens with one attached hydrogen (secondary N) is 2. The van der Waals surface area contributed by atoms with Gasteiger partial charge in [-0.1, -0.05) is 26.7 Å². The Hall–Kier alpha value is -0.0800. The van der Waals surface area contributed by atoms with Gasteiger partial charge < -0.3 is 5.32 Å². The first-order chi connectivity index (χ1) is 5.99. The molecule has 0 aromatic rings. The molecular weight excluding hydrogens is 160 g/mol. The smallest absolute Gasteiger partial charge is 0.0575 e. The lowest BCUT2D eigenvalue weighted by Crippen LogP contribution is -2.50. The van der Waals surface area contributed by atoms with Crippen LogP contribution in [0, 0.1) is 0 Å². The highest BCUT2D eigenvalue weighted by Gasteiger charge is 2.15. The summed E-state index contributed by atoms with van der Waals surface area (Å²) in [5, 5.41) is 7.04. The highest BCUT2D eigenvalue weighted by molar-refractivity contribution is 4.76. The van der Waals surface area contributed by atoms with Crippen molar-refractivity contribution in [1.82, 2.24) is 10.6 Å². The molecule has 2 N–H and O–H groups in total. The third kappa shape index (κ3) is 8.26. The molecule has 0 heterocycles. The Bertz CT molecular complexity index is 116. The van der Waals surface area contributed by atoms with Gasteiger partial charge in [-0.15, -0.1) is 0 Å². The van der Waals surface area contributed by atoms with Crippen LogP contribution in [0.5, 0.6) is 0 Å². The van der Waals surface area contributed by atoms with Crippen molar-refractivity contribution >= 4 is 0 Å². The fourth-order valence-corrected chi connectivity index (χ4v) is 1.40. The summed E-state index contributed by atoms with van der Waals surface area (Å²) < 4.78 is 0. The van der Waals surface area contributed by atoms with E-state index in [4.69, 9.17) is 0 Å². The number of unbranched alkanes of at least 4 members (excludes halogenated alkanes) is 1. The average molecular weight is 186 g/mol. The second-order valence-electron chi connectivity index (χ2n) is 4.65. The Morgan fingerprint density at radius 1 is 1.15 bits per heavy atom. The van der Waals surface area contributed by atoms with Crippen molar-refractivity contribution in [3.63, 3.8) is 0 Å². The Kier molecular flexibility index (Phi) is 6.35. The van der Waals surface area contributed by atoms with Crippen molar-refractivity contribution in [2.75, 3.05) is 6.54 Å². The van der Waals surface area contributed by atoms with E-state index in [1.54, 1.807) is 0 Å². The Balaban J connectivity index is 3.79. The van der Waals surface area contributed by atoms with Crippen LogP contribution in [0.2, 0.25) is 0 Å². The second-order valence-corrected chi connectivity index (χ2v) is 4.65. The van der Waals surface area contributed by atoms with Crippen LogP contribution in [-0.4, -0.2) is 18.2 Å². The number of rotatable bonds is 6. The summed E-state index contributed by atoms with van der Waals surface area (Å²) in [7, 11) is 0. The lowest BCUT2D eigenvalue weighted by Gasteiger charge is -2.29. The normalized spacial score (nSPS) is 14.5. The highest BCUT2D eigenvalue weighted by Crippen LogP contribution is 2.05. The minimum atomic E-state index is 0.209. The summed E-state index contributed by atoms with van der Waals surface area (Å²) in [4.78, 5) is 0. The van der Waals surface area contributed by atoms with Crippen LogP contribution in [-0.2, 0) is 0 Å². The summed E-state index contributed by atoms with van der Waals surface area (Å²) in [5.41, 5.74) is 0.209. The molecule has 0 bridgehead atoms. The fourth-order valence-electron chi connectivity index (χ4n) is 1.40. The molecule has 0 saturated carbocycles. The molecule has 0 aliphatic heterocycles. The third-order valence-corrected chi connectivity index (χ3v) is 1.90. The van der Waals surface area contributed by atoms with E-state index in [9.17, 15) is 0 Å². The van der Waals surface area contributed by atoms with Crippen LogP contribution in [0.3, 0.4) is 0 Å². The van der Waals surface area contributed by atoms with E-state index in [0.717, 1.165) is 6.54 Å². The first-order valence-corrected chi connectivity index (χ1v) is 5.50. The largest absolute Gasteiger partial charge is 0.302 e. The van der Waals surface area contributed by atoms with Gasteiger partial charge in [-0.25, -0.2) is 0 Å². The van der Waals surface area contributed by atoms with Crippen molar-refractivity contribution in [3.05, 3.63) is 0 Å². The van der Waals surface area contributed by atoms with Crippen molar-refractivity contribution in [2.45, 2.75) is 65.6 Å². The average Bonchev–Trinajstić information content (AvgIpc) is 1.98. The SMILES string of the molecule is CCCCC(NCC)NC(C)(C)C. The first kappa shape index (κ1) is 12.9. The van der Waals surface area contributed by atoms with Gasteiger partial charge in [-0.3, -0.25) is 5.32 Å². The summed E-state index contributed by atoms with van der Waals surface area (Å²) in [6.07, 6.45) is 4.26. The highest BCUT2D eigenvalue weighted by atomic mass is 15.1. The molecule has 0 aliphatic rings. The summed E-state index contributed by atoms with van der Waals surface area (Å²) in [6, 6.07) is 0. The molecule has 0 aromatic carbocycles. The predicted molar refractivity (Wildman–Crippen MR) is 59.9 cm³/mol. The third-order valence-electron chi connectivity index (χ3n) is 1.90. The Morgan fingerprint density at radius 2 is 1.77 bits per heavy atom. The van der Waals surface area contributed by atoms with Crippen molar-refractivity contribution < 1.29 is 0 Å². The maximum absolute atomic E-state index is 3.58. The van der Waals surface area contributed by atoms with Gasteiger partial charge in [0.2, 0.25) is 0 Å². The van der Waals surface area contributed by atoms with Gasteiger partial charge >= 0.3 is 0 Å². The molecule has 1 atom stereocenters. The first-order valence-electron chi connectivity index (χ1n) is 5.50. The zero-order valence-corrected chi connectivity index (χ0v) is 9.91. The van der Waals surface area contributed by atoms with Gasteiger partial charge in [0.25, 0.3) is 0 Å². The van der Waals surface area contributed by atoms with Gasteiger partial charge in [-0.05, 0) is 33.7 Å². The molecule has 2 heteroatoms. The predicted octanol–water partition coefficient (Wildman–Crippen LogP) is 2.50. The minimum absolute atomic E-state index is 0.209. The van der Waals surface area contributed by atoms with E-state index in [-0.39, 0.29) is 5.54 Å². The molecule has 0 rings (SSSR count). The van der Waals surface area contributed by atoms with Crippen molar-refractivity contribution in [1.29, 1.82) is 0 Å². The van der Waals surface area contributed by atoms with E-state index in [1.165, 1.54) is 19.3 Å². The molecule has 0 amide bonds. The molecule has 2 nitrogen and oxygen atoms in total. The summed E-state index contributed by atoms with van der Waals surface area (Å²) in [5.74, 6) is 0. The van der Waals surface area contributed by atoms with E-state index in [2.05, 4.69) is 45.3 Å². The molecular formula is C11H26N2. The number of hydrogen-bond acceptors (Lipinski definition) is 2. The van der Waals surface area contributed by atoms with E-state index >= 15 is 0 Å². The lowest BCUT2D eigenvalue weighted by molar-refractivity contribution is 0.303. The van der Waals surface area contributed by atoms with Crippen molar-refractivity contribution in [2.24, 2.45) is 0 Å². The van der Waals surface area contributed by atoms with Crippen LogP contribution in [0.1, 0.15) is 53.9 Å². The zero-order chi connectivity index (χ0) is 10.3. The molecule has 0 fully saturated rings. The number of hydrogen-bond donors (Lipinski definition) is 2. The molecule has 0 aromatic heterocycles. The maximum atomic E-state index is 3.58. The molecule has 1 unspecified atom stereocenters. The Labute approximate surface area is 83.5 Å². The van der Waals surface area contributed by atoms with Gasteiger partial charge in [-0.2, -0.15) is 0 Å². The lowest BCUT2D eigenvalue weighted by atomic mass is 10.1. The fraction of sp³-hybridized carbons (Fsp3) is 1.00. The monoisotopic (exact) mass is 186 g/mol. The minimum Gasteiger partial charge on any atom is -0.302 e. The van der Waals surface area contributed by atoms with Crippen molar-refractivity contribution in [3.8, 4) is 0 Å². The van der Waals surface area contributed by atoms with Gasteiger partial charge in [0, 0.05) is 5.54 Å². The van der Waals surface area contributed by atoms with E-state index < -0.39 is 0 Å². The Morgan fingerprint density at radius 3 is 2.15 bits per heavy atom. The van der Waals surface area contributed by atoms with Crippen LogP contribution >= 0.6 is 0 Å². The van der Waals surface area contributed by atoms with Gasteiger partial charge in [0.15, 0.2) is 0 Å². The van der Waals surface area contributed by atoms with Crippen LogP contribution < -0.4 is 10.6 Å². The van der Waals surface area contributed by atoms with Gasteiger partial charge in [0.1, 0.15) is 0 Å². The van der Waals surface area contributed by atoms with Crippen LogP contribution in [0.4, 0.5) is 0 Å². The topological polar surface area (TPSA) is 24.1 Å². The maximum Gasteiger partial charge on any atom is 0.0575 e. The van der Waals surface area contributed by atoms with E-state index in [0.29, 0.717) is 6.17 Å².